The number of aryl methyl sites for hydroxylation is 1. The summed E-state index contributed by atoms with van der Waals surface area (Å²) in [6, 6.07) is 8.00. The second-order valence-electron chi connectivity index (χ2n) is 4.50. The molecule has 104 valence electrons. The zero-order valence-corrected chi connectivity index (χ0v) is 11.4. The summed E-state index contributed by atoms with van der Waals surface area (Å²) in [7, 11) is 1.97. The van der Waals surface area contributed by atoms with Gasteiger partial charge in [0.2, 0.25) is 0 Å². The van der Waals surface area contributed by atoms with Gasteiger partial charge in [0.25, 0.3) is 5.91 Å². The SMILES string of the molecule is Cn1cc(C=NNC(=O)c2cnccn2)c2ccccc21. The molecular formula is C15H13N5O. The zero-order chi connectivity index (χ0) is 14.7. The number of carbonyl (C=O) groups excluding carboxylic acids is 1. The van der Waals surface area contributed by atoms with Crippen molar-refractivity contribution >= 4 is 23.0 Å². The normalized spacial score (nSPS) is 11.1. The number of benzene rings is 1. The topological polar surface area (TPSA) is 72.2 Å². The van der Waals surface area contributed by atoms with E-state index >= 15 is 0 Å². The van der Waals surface area contributed by atoms with Crippen molar-refractivity contribution in [3.05, 3.63) is 60.3 Å². The van der Waals surface area contributed by atoms with Crippen molar-refractivity contribution in [1.29, 1.82) is 0 Å². The fourth-order valence-electron chi connectivity index (χ4n) is 2.11. The lowest BCUT2D eigenvalue weighted by Gasteiger charge is -1.97. The van der Waals surface area contributed by atoms with Crippen molar-refractivity contribution in [3.63, 3.8) is 0 Å². The van der Waals surface area contributed by atoms with E-state index in [0.717, 1.165) is 16.5 Å². The maximum Gasteiger partial charge on any atom is 0.291 e. The van der Waals surface area contributed by atoms with Crippen LogP contribution in [0.1, 0.15) is 16.1 Å². The van der Waals surface area contributed by atoms with Crippen LogP contribution in [0.25, 0.3) is 10.9 Å². The van der Waals surface area contributed by atoms with E-state index < -0.39 is 0 Å². The van der Waals surface area contributed by atoms with Gasteiger partial charge in [-0.3, -0.25) is 9.78 Å². The number of carbonyl (C=O) groups is 1. The Morgan fingerprint density at radius 3 is 3.00 bits per heavy atom. The van der Waals surface area contributed by atoms with Crippen LogP contribution >= 0.6 is 0 Å². The van der Waals surface area contributed by atoms with E-state index in [1.165, 1.54) is 18.6 Å². The molecule has 6 heteroatoms. The summed E-state index contributed by atoms with van der Waals surface area (Å²) in [4.78, 5) is 19.5. The van der Waals surface area contributed by atoms with Gasteiger partial charge in [-0.15, -0.1) is 0 Å². The lowest BCUT2D eigenvalue weighted by molar-refractivity contribution is 0.0949. The summed E-state index contributed by atoms with van der Waals surface area (Å²) < 4.78 is 2.02. The highest BCUT2D eigenvalue weighted by molar-refractivity contribution is 6.00. The average molecular weight is 279 g/mol. The molecule has 0 aliphatic carbocycles. The Labute approximate surface area is 121 Å². The minimum Gasteiger partial charge on any atom is -0.350 e. The number of hydrogen-bond acceptors (Lipinski definition) is 4. The van der Waals surface area contributed by atoms with Gasteiger partial charge < -0.3 is 4.57 Å². The largest absolute Gasteiger partial charge is 0.350 e. The van der Waals surface area contributed by atoms with Crippen molar-refractivity contribution in [2.45, 2.75) is 0 Å². The molecule has 3 aromatic rings. The monoisotopic (exact) mass is 279 g/mol. The third kappa shape index (κ3) is 2.64. The summed E-state index contributed by atoms with van der Waals surface area (Å²) in [5, 5.41) is 5.06. The summed E-state index contributed by atoms with van der Waals surface area (Å²) in [6.07, 6.45) is 7.95. The molecular weight excluding hydrogens is 266 g/mol. The molecule has 0 fully saturated rings. The van der Waals surface area contributed by atoms with Crippen LogP contribution in [0.3, 0.4) is 0 Å². The molecule has 3 rings (SSSR count). The number of nitrogens with zero attached hydrogens (tertiary/aromatic N) is 4. The Balaban J connectivity index is 1.78. The van der Waals surface area contributed by atoms with Crippen molar-refractivity contribution in [2.24, 2.45) is 12.1 Å². The second-order valence-corrected chi connectivity index (χ2v) is 4.50. The van der Waals surface area contributed by atoms with Gasteiger partial charge in [0.1, 0.15) is 5.69 Å². The molecule has 0 aliphatic rings. The Bertz CT molecular complexity index is 807. The van der Waals surface area contributed by atoms with Gasteiger partial charge in [-0.1, -0.05) is 18.2 Å². The zero-order valence-electron chi connectivity index (χ0n) is 11.4. The van der Waals surface area contributed by atoms with Crippen molar-refractivity contribution < 1.29 is 4.79 Å². The van der Waals surface area contributed by atoms with E-state index in [0.29, 0.717) is 0 Å². The highest BCUT2D eigenvalue weighted by atomic mass is 16.2. The maximum absolute atomic E-state index is 11.8. The van der Waals surface area contributed by atoms with E-state index in [1.54, 1.807) is 6.21 Å². The third-order valence-corrected chi connectivity index (χ3v) is 3.09. The predicted molar refractivity (Wildman–Crippen MR) is 80.0 cm³/mol. The smallest absolute Gasteiger partial charge is 0.291 e. The minimum absolute atomic E-state index is 0.229. The van der Waals surface area contributed by atoms with Crippen LogP contribution in [0.5, 0.6) is 0 Å². The van der Waals surface area contributed by atoms with E-state index in [2.05, 4.69) is 20.5 Å². The highest BCUT2D eigenvalue weighted by Gasteiger charge is 2.06. The van der Waals surface area contributed by atoms with Gasteiger partial charge in [0.05, 0.1) is 12.4 Å². The number of para-hydroxylation sites is 1. The van der Waals surface area contributed by atoms with Crippen LogP contribution in [0.15, 0.2) is 54.2 Å². The molecule has 0 saturated heterocycles. The van der Waals surface area contributed by atoms with E-state index in [9.17, 15) is 4.79 Å². The Morgan fingerprint density at radius 2 is 2.19 bits per heavy atom. The Morgan fingerprint density at radius 1 is 1.33 bits per heavy atom. The summed E-state index contributed by atoms with van der Waals surface area (Å²) >= 11 is 0. The number of hydrazone groups is 1. The van der Waals surface area contributed by atoms with Crippen LogP contribution in [0.4, 0.5) is 0 Å². The number of fused-ring (bicyclic) bond motifs is 1. The first-order chi connectivity index (χ1) is 10.3. The predicted octanol–water partition coefficient (Wildman–Crippen LogP) is 1.73. The fourth-order valence-corrected chi connectivity index (χ4v) is 2.11. The summed E-state index contributed by atoms with van der Waals surface area (Å²) in [5.41, 5.74) is 4.72. The second kappa shape index (κ2) is 5.54. The highest BCUT2D eigenvalue weighted by Crippen LogP contribution is 2.18. The quantitative estimate of drug-likeness (QED) is 0.586. The van der Waals surface area contributed by atoms with Gasteiger partial charge in [0.15, 0.2) is 0 Å². The van der Waals surface area contributed by atoms with Gasteiger partial charge in [0, 0.05) is 42.1 Å². The average Bonchev–Trinajstić information content (AvgIpc) is 2.85. The first-order valence-corrected chi connectivity index (χ1v) is 6.39. The molecule has 21 heavy (non-hydrogen) atoms. The fraction of sp³-hybridized carbons (Fsp3) is 0.0667. The molecule has 1 N–H and O–H groups in total. The van der Waals surface area contributed by atoms with Crippen LogP contribution in [-0.2, 0) is 7.05 Å². The van der Waals surface area contributed by atoms with Crippen molar-refractivity contribution in [1.82, 2.24) is 20.0 Å². The molecule has 0 saturated carbocycles. The molecule has 0 bridgehead atoms. The van der Waals surface area contributed by atoms with E-state index in [-0.39, 0.29) is 11.6 Å². The van der Waals surface area contributed by atoms with Crippen LogP contribution in [0, 0.1) is 0 Å². The first-order valence-electron chi connectivity index (χ1n) is 6.39. The molecule has 0 aliphatic heterocycles. The molecule has 1 aromatic carbocycles. The van der Waals surface area contributed by atoms with Crippen LogP contribution < -0.4 is 5.43 Å². The van der Waals surface area contributed by atoms with Crippen LogP contribution in [-0.4, -0.2) is 26.7 Å². The first kappa shape index (κ1) is 13.0. The summed E-state index contributed by atoms with van der Waals surface area (Å²) in [5.74, 6) is -0.389. The lowest BCUT2D eigenvalue weighted by Crippen LogP contribution is -2.19. The molecule has 0 atom stereocenters. The Kier molecular flexibility index (Phi) is 3.42. The van der Waals surface area contributed by atoms with Gasteiger partial charge >= 0.3 is 0 Å². The molecule has 0 spiro atoms. The maximum atomic E-state index is 11.8. The molecule has 2 aromatic heterocycles. The molecule has 0 unspecified atom stereocenters. The van der Waals surface area contributed by atoms with Gasteiger partial charge in [-0.25, -0.2) is 10.4 Å². The molecule has 0 radical (unpaired) electrons. The Hall–Kier alpha value is -3.02. The standard InChI is InChI=1S/C15H13N5O/c1-20-10-11(12-4-2-3-5-14(12)20)8-18-19-15(21)13-9-16-6-7-17-13/h2-10H,1H3,(H,19,21). The minimum atomic E-state index is -0.389. The van der Waals surface area contributed by atoms with Crippen molar-refractivity contribution in [2.75, 3.05) is 0 Å². The lowest BCUT2D eigenvalue weighted by atomic mass is 10.2. The number of rotatable bonds is 3. The number of amides is 1. The van der Waals surface area contributed by atoms with E-state index in [4.69, 9.17) is 0 Å². The van der Waals surface area contributed by atoms with Gasteiger partial charge in [-0.05, 0) is 6.07 Å². The molecule has 1 amide bonds. The van der Waals surface area contributed by atoms with Crippen molar-refractivity contribution in [3.8, 4) is 0 Å². The number of hydrogen-bond donors (Lipinski definition) is 1. The molecule has 2 heterocycles. The van der Waals surface area contributed by atoms with Crippen LogP contribution in [0.2, 0.25) is 0 Å². The van der Waals surface area contributed by atoms with E-state index in [1.807, 2.05) is 42.1 Å². The summed E-state index contributed by atoms with van der Waals surface area (Å²) in [6.45, 7) is 0. The third-order valence-electron chi connectivity index (χ3n) is 3.09. The van der Waals surface area contributed by atoms with Gasteiger partial charge in [-0.2, -0.15) is 5.10 Å². The molecule has 6 nitrogen and oxygen atoms in total. The number of nitrogens with one attached hydrogen (secondary N) is 1. The number of aromatic nitrogens is 3.